The number of piperidine rings is 1. The maximum atomic E-state index is 12.3. The van der Waals surface area contributed by atoms with Crippen LogP contribution in [0.15, 0.2) is 24.3 Å². The number of nitrogens with zero attached hydrogens (tertiary/aromatic N) is 1. The number of ether oxygens (including phenoxy) is 2. The fraction of sp³-hybridized carbons (Fsp3) is 0.636. The summed E-state index contributed by atoms with van der Waals surface area (Å²) < 4.78 is 11.1. The number of carbonyl (C=O) groups excluding carboxylic acids is 2. The first-order valence-electron chi connectivity index (χ1n) is 10.2. The van der Waals surface area contributed by atoms with Crippen LogP contribution in [0.1, 0.15) is 52.0 Å². The molecule has 1 aliphatic heterocycles. The molecule has 0 radical (unpaired) electrons. The second kappa shape index (κ2) is 10.3. The molecule has 0 saturated carbocycles. The molecule has 1 N–H and O–H groups in total. The van der Waals surface area contributed by atoms with Gasteiger partial charge in [-0.05, 0) is 65.5 Å². The molecule has 0 aromatic heterocycles. The molecule has 1 fully saturated rings. The van der Waals surface area contributed by atoms with Crippen LogP contribution in [0.2, 0.25) is 0 Å². The molecular formula is C22H34N2O4. The van der Waals surface area contributed by atoms with Crippen LogP contribution in [0, 0.1) is 12.8 Å². The Balaban J connectivity index is 1.56. The number of benzene rings is 1. The van der Waals surface area contributed by atoms with Gasteiger partial charge in [0.25, 0.3) is 0 Å². The van der Waals surface area contributed by atoms with Gasteiger partial charge >= 0.3 is 6.09 Å². The summed E-state index contributed by atoms with van der Waals surface area (Å²) in [4.78, 5) is 26.1. The van der Waals surface area contributed by atoms with Gasteiger partial charge in [-0.1, -0.05) is 17.7 Å². The predicted molar refractivity (Wildman–Crippen MR) is 109 cm³/mol. The van der Waals surface area contributed by atoms with Crippen molar-refractivity contribution in [3.8, 4) is 5.75 Å². The van der Waals surface area contributed by atoms with Gasteiger partial charge in [-0.25, -0.2) is 4.79 Å². The molecule has 1 aromatic rings. The number of hydrogen-bond acceptors (Lipinski definition) is 4. The first-order chi connectivity index (χ1) is 13.2. The Kier molecular flexibility index (Phi) is 8.15. The predicted octanol–water partition coefficient (Wildman–Crippen LogP) is 3.92. The maximum absolute atomic E-state index is 12.3. The van der Waals surface area contributed by atoms with Crippen LogP contribution in [0.4, 0.5) is 4.79 Å². The molecule has 2 amide bonds. The van der Waals surface area contributed by atoms with Gasteiger partial charge < -0.3 is 19.7 Å². The Labute approximate surface area is 168 Å². The maximum Gasteiger partial charge on any atom is 0.410 e. The van der Waals surface area contributed by atoms with E-state index < -0.39 is 5.60 Å². The van der Waals surface area contributed by atoms with E-state index in [-0.39, 0.29) is 17.9 Å². The Morgan fingerprint density at radius 2 is 1.75 bits per heavy atom. The molecule has 0 aliphatic carbocycles. The van der Waals surface area contributed by atoms with Crippen LogP contribution in [0.3, 0.4) is 0 Å². The molecule has 28 heavy (non-hydrogen) atoms. The van der Waals surface area contributed by atoms with Gasteiger partial charge in [0.15, 0.2) is 0 Å². The number of carbonyl (C=O) groups is 2. The smallest absolute Gasteiger partial charge is 0.410 e. The van der Waals surface area contributed by atoms with Crippen molar-refractivity contribution in [3.63, 3.8) is 0 Å². The van der Waals surface area contributed by atoms with Crippen LogP contribution in [0.5, 0.6) is 5.75 Å². The van der Waals surface area contributed by atoms with E-state index in [9.17, 15) is 9.59 Å². The van der Waals surface area contributed by atoms with Crippen LogP contribution in [-0.4, -0.2) is 48.7 Å². The number of amides is 2. The van der Waals surface area contributed by atoms with Gasteiger partial charge in [0.2, 0.25) is 5.91 Å². The fourth-order valence-corrected chi connectivity index (χ4v) is 3.06. The average Bonchev–Trinajstić information content (AvgIpc) is 2.64. The Hall–Kier alpha value is -2.24. The second-order valence-corrected chi connectivity index (χ2v) is 8.40. The van der Waals surface area contributed by atoms with Crippen molar-refractivity contribution in [3.05, 3.63) is 29.8 Å². The minimum absolute atomic E-state index is 0.0255. The largest absolute Gasteiger partial charge is 0.494 e. The number of likely N-dealkylation sites (tertiary alicyclic amines) is 1. The third kappa shape index (κ3) is 7.79. The first-order valence-corrected chi connectivity index (χ1v) is 10.2. The fourth-order valence-electron chi connectivity index (χ4n) is 3.06. The molecule has 1 saturated heterocycles. The van der Waals surface area contributed by atoms with Gasteiger partial charge in [-0.15, -0.1) is 0 Å². The molecule has 1 heterocycles. The number of aryl methyl sites for hydroxylation is 1. The highest BCUT2D eigenvalue weighted by Crippen LogP contribution is 2.20. The highest BCUT2D eigenvalue weighted by atomic mass is 16.6. The van der Waals surface area contributed by atoms with Crippen molar-refractivity contribution in [2.24, 2.45) is 5.92 Å². The van der Waals surface area contributed by atoms with E-state index in [2.05, 4.69) is 5.32 Å². The van der Waals surface area contributed by atoms with E-state index in [1.807, 2.05) is 52.0 Å². The normalized spacial score (nSPS) is 15.2. The third-order valence-electron chi connectivity index (χ3n) is 4.68. The zero-order valence-corrected chi connectivity index (χ0v) is 17.6. The van der Waals surface area contributed by atoms with Gasteiger partial charge in [0, 0.05) is 25.6 Å². The van der Waals surface area contributed by atoms with Crippen molar-refractivity contribution < 1.29 is 19.1 Å². The number of hydrogen-bond donors (Lipinski definition) is 1. The van der Waals surface area contributed by atoms with Crippen molar-refractivity contribution in [2.45, 2.75) is 59.0 Å². The Morgan fingerprint density at radius 3 is 2.36 bits per heavy atom. The monoisotopic (exact) mass is 390 g/mol. The quantitative estimate of drug-likeness (QED) is 0.717. The molecule has 0 atom stereocenters. The average molecular weight is 391 g/mol. The Bertz CT molecular complexity index is 629. The summed E-state index contributed by atoms with van der Waals surface area (Å²) in [6.07, 6.45) is 2.85. The standard InChI is InChI=1S/C22H34N2O4/c1-17-7-9-19(10-8-17)27-16-6-5-13-23-20(25)18-11-14-24(15-12-18)21(26)28-22(2,3)4/h7-10,18H,5-6,11-16H2,1-4H3,(H,23,25). The van der Waals surface area contributed by atoms with E-state index >= 15 is 0 Å². The van der Waals surface area contributed by atoms with Crippen molar-refractivity contribution >= 4 is 12.0 Å². The molecule has 1 aliphatic rings. The molecule has 156 valence electrons. The lowest BCUT2D eigenvalue weighted by atomic mass is 9.96. The van der Waals surface area contributed by atoms with Gasteiger partial charge in [-0.3, -0.25) is 4.79 Å². The van der Waals surface area contributed by atoms with Gasteiger partial charge in [-0.2, -0.15) is 0 Å². The minimum atomic E-state index is -0.492. The van der Waals surface area contributed by atoms with Crippen molar-refractivity contribution in [2.75, 3.05) is 26.2 Å². The molecule has 0 spiro atoms. The zero-order valence-electron chi connectivity index (χ0n) is 17.6. The summed E-state index contributed by atoms with van der Waals surface area (Å²) in [6, 6.07) is 8.01. The lowest BCUT2D eigenvalue weighted by Gasteiger charge is -2.32. The first kappa shape index (κ1) is 22.1. The molecule has 1 aromatic carbocycles. The summed E-state index contributed by atoms with van der Waals surface area (Å²) in [7, 11) is 0. The number of unbranched alkanes of at least 4 members (excludes halogenated alkanes) is 1. The lowest BCUT2D eigenvalue weighted by Crippen LogP contribution is -2.45. The minimum Gasteiger partial charge on any atom is -0.494 e. The van der Waals surface area contributed by atoms with E-state index in [0.717, 1.165) is 18.6 Å². The summed E-state index contributed by atoms with van der Waals surface area (Å²) in [5, 5.41) is 3.01. The van der Waals surface area contributed by atoms with E-state index in [0.29, 0.717) is 39.1 Å². The van der Waals surface area contributed by atoms with Crippen LogP contribution in [0.25, 0.3) is 0 Å². The highest BCUT2D eigenvalue weighted by Gasteiger charge is 2.29. The summed E-state index contributed by atoms with van der Waals surface area (Å²) in [6.45, 7) is 10.1. The number of nitrogens with one attached hydrogen (secondary N) is 1. The Morgan fingerprint density at radius 1 is 1.11 bits per heavy atom. The number of rotatable bonds is 7. The molecular weight excluding hydrogens is 356 g/mol. The van der Waals surface area contributed by atoms with Crippen LogP contribution in [-0.2, 0) is 9.53 Å². The summed E-state index contributed by atoms with van der Waals surface area (Å²) in [5.41, 5.74) is 0.723. The van der Waals surface area contributed by atoms with E-state index in [1.165, 1.54) is 5.56 Å². The van der Waals surface area contributed by atoms with Crippen LogP contribution >= 0.6 is 0 Å². The zero-order chi connectivity index (χ0) is 20.6. The van der Waals surface area contributed by atoms with E-state index in [1.54, 1.807) is 4.90 Å². The molecule has 2 rings (SSSR count). The van der Waals surface area contributed by atoms with Gasteiger partial charge in [0.1, 0.15) is 11.4 Å². The SMILES string of the molecule is Cc1ccc(OCCCCNC(=O)C2CCN(C(=O)OC(C)(C)C)CC2)cc1. The summed E-state index contributed by atoms with van der Waals surface area (Å²) in [5.74, 6) is 0.942. The highest BCUT2D eigenvalue weighted by molar-refractivity contribution is 5.79. The van der Waals surface area contributed by atoms with Crippen LogP contribution < -0.4 is 10.1 Å². The van der Waals surface area contributed by atoms with Gasteiger partial charge in [0.05, 0.1) is 6.61 Å². The topological polar surface area (TPSA) is 67.9 Å². The summed E-state index contributed by atoms with van der Waals surface area (Å²) >= 11 is 0. The molecule has 6 nitrogen and oxygen atoms in total. The lowest BCUT2D eigenvalue weighted by molar-refractivity contribution is -0.126. The molecule has 0 unspecified atom stereocenters. The molecule has 0 bridgehead atoms. The second-order valence-electron chi connectivity index (χ2n) is 8.40. The molecule has 6 heteroatoms. The third-order valence-corrected chi connectivity index (χ3v) is 4.68. The van der Waals surface area contributed by atoms with E-state index in [4.69, 9.17) is 9.47 Å². The van der Waals surface area contributed by atoms with Crippen molar-refractivity contribution in [1.82, 2.24) is 10.2 Å². The van der Waals surface area contributed by atoms with Crippen molar-refractivity contribution in [1.29, 1.82) is 0 Å².